The van der Waals surface area contributed by atoms with Crippen molar-refractivity contribution in [1.82, 2.24) is 4.90 Å². The molecule has 2 rings (SSSR count). The monoisotopic (exact) mass is 285 g/mol. The Kier molecular flexibility index (Phi) is 2.80. The number of phenolic OH excluding ortho intramolecular Hbond substituents is 1. The molecule has 5 heteroatoms. The third-order valence-electron chi connectivity index (χ3n) is 3.00. The number of fused-ring (bicyclic) bond motifs is 1. The van der Waals surface area contributed by atoms with Gasteiger partial charge in [-0.05, 0) is 46.5 Å². The molecule has 0 saturated carbocycles. The van der Waals surface area contributed by atoms with Crippen molar-refractivity contribution in [2.45, 2.75) is 19.4 Å². The minimum absolute atomic E-state index is 0.151. The lowest BCUT2D eigenvalue weighted by Crippen LogP contribution is -2.38. The Morgan fingerprint density at radius 1 is 1.56 bits per heavy atom. The first kappa shape index (κ1) is 11.3. The number of rotatable bonds is 0. The zero-order valence-corrected chi connectivity index (χ0v) is 10.4. The quantitative estimate of drug-likeness (QED) is 0.771. The zero-order chi connectivity index (χ0) is 11.9. The smallest absolute Gasteiger partial charge is 0.407 e. The fourth-order valence-electron chi connectivity index (χ4n) is 2.14. The van der Waals surface area contributed by atoms with E-state index in [4.69, 9.17) is 5.11 Å². The lowest BCUT2D eigenvalue weighted by molar-refractivity contribution is 0.124. The molecule has 86 valence electrons. The second-order valence-electron chi connectivity index (χ2n) is 3.87. The van der Waals surface area contributed by atoms with Crippen LogP contribution < -0.4 is 0 Å². The molecule has 1 aromatic carbocycles. The number of hydrogen-bond acceptors (Lipinski definition) is 2. The van der Waals surface area contributed by atoms with Crippen LogP contribution in [0, 0.1) is 0 Å². The highest BCUT2D eigenvalue weighted by Crippen LogP contribution is 2.39. The van der Waals surface area contributed by atoms with Crippen molar-refractivity contribution >= 4 is 22.0 Å². The van der Waals surface area contributed by atoms with E-state index in [0.29, 0.717) is 17.4 Å². The molecule has 4 nitrogen and oxygen atoms in total. The van der Waals surface area contributed by atoms with Crippen LogP contribution in [0.5, 0.6) is 5.75 Å². The number of aromatic hydroxyl groups is 1. The zero-order valence-electron chi connectivity index (χ0n) is 8.77. The summed E-state index contributed by atoms with van der Waals surface area (Å²) in [5.74, 6) is 0.151. The van der Waals surface area contributed by atoms with Gasteiger partial charge in [-0.15, -0.1) is 0 Å². The second kappa shape index (κ2) is 3.97. The molecule has 16 heavy (non-hydrogen) atoms. The van der Waals surface area contributed by atoms with Gasteiger partial charge in [-0.1, -0.05) is 6.07 Å². The van der Waals surface area contributed by atoms with Crippen molar-refractivity contribution < 1.29 is 15.0 Å². The van der Waals surface area contributed by atoms with E-state index in [-0.39, 0.29) is 11.8 Å². The van der Waals surface area contributed by atoms with Crippen molar-refractivity contribution in [2.24, 2.45) is 0 Å². The lowest BCUT2D eigenvalue weighted by Gasteiger charge is -2.33. The van der Waals surface area contributed by atoms with Crippen LogP contribution >= 0.6 is 15.9 Å². The Morgan fingerprint density at radius 2 is 2.25 bits per heavy atom. The van der Waals surface area contributed by atoms with E-state index in [2.05, 4.69) is 15.9 Å². The number of amides is 1. The topological polar surface area (TPSA) is 60.8 Å². The molecule has 0 aliphatic carbocycles. The summed E-state index contributed by atoms with van der Waals surface area (Å²) in [6.45, 7) is 2.33. The molecule has 0 spiro atoms. The Bertz CT molecular complexity index is 447. The van der Waals surface area contributed by atoms with E-state index >= 15 is 0 Å². The Hall–Kier alpha value is -1.23. The maximum absolute atomic E-state index is 11.0. The summed E-state index contributed by atoms with van der Waals surface area (Å²) in [5.41, 5.74) is 1.96. The van der Waals surface area contributed by atoms with E-state index in [1.807, 2.05) is 13.0 Å². The van der Waals surface area contributed by atoms with E-state index in [9.17, 15) is 9.90 Å². The second-order valence-corrected chi connectivity index (χ2v) is 4.67. The van der Waals surface area contributed by atoms with E-state index in [1.165, 1.54) is 4.90 Å². The first-order valence-electron chi connectivity index (χ1n) is 5.02. The number of phenols is 1. The number of halogens is 1. The molecule has 1 unspecified atom stereocenters. The Balaban J connectivity index is 2.50. The lowest BCUT2D eigenvalue weighted by atomic mass is 9.93. The average Bonchev–Trinajstić information content (AvgIpc) is 2.23. The van der Waals surface area contributed by atoms with E-state index in [1.54, 1.807) is 6.07 Å². The predicted molar refractivity (Wildman–Crippen MR) is 62.7 cm³/mol. The fraction of sp³-hybridized carbons (Fsp3) is 0.364. The first-order valence-corrected chi connectivity index (χ1v) is 5.81. The molecule has 0 saturated heterocycles. The SMILES string of the molecule is CC1c2c(ccc(O)c2Br)CCN1C(=O)O. The molecule has 1 aliphatic rings. The Labute approximate surface area is 102 Å². The minimum atomic E-state index is -0.923. The van der Waals surface area contributed by atoms with E-state index in [0.717, 1.165) is 11.1 Å². The third-order valence-corrected chi connectivity index (χ3v) is 3.84. The minimum Gasteiger partial charge on any atom is -0.507 e. The molecule has 1 aliphatic heterocycles. The van der Waals surface area contributed by atoms with Gasteiger partial charge in [-0.2, -0.15) is 0 Å². The van der Waals surface area contributed by atoms with Crippen LogP contribution in [0.25, 0.3) is 0 Å². The molecule has 1 atom stereocenters. The van der Waals surface area contributed by atoms with E-state index < -0.39 is 6.09 Å². The normalized spacial score (nSPS) is 19.4. The molecule has 2 N–H and O–H groups in total. The summed E-state index contributed by atoms with van der Waals surface area (Å²) in [6.07, 6.45) is -0.237. The fourth-order valence-corrected chi connectivity index (χ4v) is 2.86. The van der Waals surface area contributed by atoms with Gasteiger partial charge in [0.05, 0.1) is 10.5 Å². The van der Waals surface area contributed by atoms with Crippen LogP contribution in [-0.4, -0.2) is 27.8 Å². The van der Waals surface area contributed by atoms with Gasteiger partial charge in [0, 0.05) is 6.54 Å². The largest absolute Gasteiger partial charge is 0.507 e. The molecule has 0 fully saturated rings. The number of carboxylic acid groups (broad SMARTS) is 1. The van der Waals surface area contributed by atoms with Gasteiger partial charge in [0.2, 0.25) is 0 Å². The van der Waals surface area contributed by atoms with Crippen LogP contribution in [0.15, 0.2) is 16.6 Å². The number of nitrogens with zero attached hydrogens (tertiary/aromatic N) is 1. The summed E-state index contributed by atoms with van der Waals surface area (Å²) in [4.78, 5) is 12.4. The molecule has 1 amide bonds. The predicted octanol–water partition coefficient (Wildman–Crippen LogP) is 2.75. The molecular formula is C11H12BrNO3. The summed E-state index contributed by atoms with van der Waals surface area (Å²) < 4.78 is 0.600. The van der Waals surface area contributed by atoms with Gasteiger partial charge in [0.15, 0.2) is 0 Å². The number of benzene rings is 1. The maximum Gasteiger partial charge on any atom is 0.407 e. The van der Waals surface area contributed by atoms with Crippen molar-refractivity contribution in [1.29, 1.82) is 0 Å². The van der Waals surface area contributed by atoms with Gasteiger partial charge >= 0.3 is 6.09 Å². The average molecular weight is 286 g/mol. The molecule has 0 bridgehead atoms. The number of carbonyl (C=O) groups is 1. The molecular weight excluding hydrogens is 274 g/mol. The highest BCUT2D eigenvalue weighted by Gasteiger charge is 2.29. The highest BCUT2D eigenvalue weighted by molar-refractivity contribution is 9.10. The Morgan fingerprint density at radius 3 is 2.88 bits per heavy atom. The van der Waals surface area contributed by atoms with Crippen LogP contribution in [0.4, 0.5) is 4.79 Å². The molecule has 0 radical (unpaired) electrons. The maximum atomic E-state index is 11.0. The van der Waals surface area contributed by atoms with Crippen molar-refractivity contribution in [3.05, 3.63) is 27.7 Å². The summed E-state index contributed by atoms with van der Waals surface area (Å²) in [5, 5.41) is 18.6. The van der Waals surface area contributed by atoms with Crippen LogP contribution in [0.2, 0.25) is 0 Å². The van der Waals surface area contributed by atoms with Crippen LogP contribution in [0.3, 0.4) is 0 Å². The molecule has 0 aromatic heterocycles. The number of hydrogen-bond donors (Lipinski definition) is 2. The summed E-state index contributed by atoms with van der Waals surface area (Å²) in [6, 6.07) is 3.25. The standard InChI is InChI=1S/C11H12BrNO3/c1-6-9-7(2-3-8(14)10(9)12)4-5-13(6)11(15)16/h2-3,6,14H,4-5H2,1H3,(H,15,16). The van der Waals surface area contributed by atoms with Gasteiger partial charge in [0.25, 0.3) is 0 Å². The highest BCUT2D eigenvalue weighted by atomic mass is 79.9. The summed E-state index contributed by atoms with van der Waals surface area (Å²) in [7, 11) is 0. The van der Waals surface area contributed by atoms with Gasteiger partial charge in [-0.3, -0.25) is 0 Å². The van der Waals surface area contributed by atoms with Crippen molar-refractivity contribution in [2.75, 3.05) is 6.54 Å². The van der Waals surface area contributed by atoms with Crippen molar-refractivity contribution in [3.63, 3.8) is 0 Å². The third kappa shape index (κ3) is 1.65. The van der Waals surface area contributed by atoms with Gasteiger partial charge < -0.3 is 15.1 Å². The first-order chi connectivity index (χ1) is 7.52. The van der Waals surface area contributed by atoms with Crippen LogP contribution in [-0.2, 0) is 6.42 Å². The molecule has 1 aromatic rings. The van der Waals surface area contributed by atoms with Crippen LogP contribution in [0.1, 0.15) is 24.1 Å². The van der Waals surface area contributed by atoms with Gasteiger partial charge in [0.1, 0.15) is 5.75 Å². The van der Waals surface area contributed by atoms with Gasteiger partial charge in [-0.25, -0.2) is 4.79 Å². The molecule has 1 heterocycles. The van der Waals surface area contributed by atoms with Crippen molar-refractivity contribution in [3.8, 4) is 5.75 Å². The summed E-state index contributed by atoms with van der Waals surface area (Å²) >= 11 is 3.31.